The fraction of sp³-hybridized carbons (Fsp3) is 0.192. The SMILES string of the molecule is CN(C)CCC(O)(c1cc(F)cc(F)c1)c1cccc2nc(Cl)c(-c3ccccc3)cc12. The summed E-state index contributed by atoms with van der Waals surface area (Å²) in [6, 6.07) is 20.0. The fourth-order valence-electron chi connectivity index (χ4n) is 3.97. The molecule has 164 valence electrons. The van der Waals surface area contributed by atoms with Gasteiger partial charge in [-0.25, -0.2) is 13.8 Å². The monoisotopic (exact) mass is 452 g/mol. The van der Waals surface area contributed by atoms with Crippen molar-refractivity contribution in [3.63, 3.8) is 0 Å². The smallest absolute Gasteiger partial charge is 0.137 e. The van der Waals surface area contributed by atoms with Gasteiger partial charge < -0.3 is 10.0 Å². The summed E-state index contributed by atoms with van der Waals surface area (Å²) in [5, 5.41) is 13.0. The van der Waals surface area contributed by atoms with Gasteiger partial charge in [0, 0.05) is 23.6 Å². The minimum atomic E-state index is -1.64. The van der Waals surface area contributed by atoms with Crippen LogP contribution in [0.5, 0.6) is 0 Å². The highest BCUT2D eigenvalue weighted by Gasteiger charge is 2.34. The van der Waals surface area contributed by atoms with Crippen molar-refractivity contribution in [2.45, 2.75) is 12.0 Å². The number of benzene rings is 3. The molecule has 6 heteroatoms. The van der Waals surface area contributed by atoms with E-state index in [1.165, 1.54) is 12.1 Å². The maximum absolute atomic E-state index is 14.1. The predicted molar refractivity (Wildman–Crippen MR) is 125 cm³/mol. The Kier molecular flexibility index (Phi) is 6.24. The molecule has 3 nitrogen and oxygen atoms in total. The zero-order valence-electron chi connectivity index (χ0n) is 17.8. The first-order valence-corrected chi connectivity index (χ1v) is 10.6. The zero-order chi connectivity index (χ0) is 22.9. The topological polar surface area (TPSA) is 36.4 Å². The van der Waals surface area contributed by atoms with Crippen LogP contribution in [0.25, 0.3) is 22.0 Å². The maximum Gasteiger partial charge on any atom is 0.137 e. The number of fused-ring (bicyclic) bond motifs is 1. The van der Waals surface area contributed by atoms with Crippen molar-refractivity contribution in [2.75, 3.05) is 20.6 Å². The molecule has 0 aliphatic carbocycles. The van der Waals surface area contributed by atoms with Crippen molar-refractivity contribution in [2.24, 2.45) is 0 Å². The molecule has 3 aromatic carbocycles. The molecule has 1 N–H and O–H groups in total. The van der Waals surface area contributed by atoms with E-state index in [1.54, 1.807) is 18.2 Å². The molecule has 4 rings (SSSR count). The molecule has 0 spiro atoms. The van der Waals surface area contributed by atoms with Crippen LogP contribution in [0.3, 0.4) is 0 Å². The standard InChI is InChI=1S/C26H23ClF2N2O/c1-31(2)12-11-26(32,18-13-19(28)15-20(29)14-18)23-9-6-10-24-22(23)16-21(25(27)30-24)17-7-4-3-5-8-17/h3-10,13-16,32H,11-12H2,1-2H3. The Morgan fingerprint density at radius 2 is 1.62 bits per heavy atom. The Balaban J connectivity index is 1.98. The lowest BCUT2D eigenvalue weighted by Gasteiger charge is -2.32. The Morgan fingerprint density at radius 1 is 0.938 bits per heavy atom. The van der Waals surface area contributed by atoms with Crippen LogP contribution in [-0.2, 0) is 5.60 Å². The van der Waals surface area contributed by atoms with Gasteiger partial charge in [-0.1, -0.05) is 54.1 Å². The third-order valence-electron chi connectivity index (χ3n) is 5.60. The lowest BCUT2D eigenvalue weighted by molar-refractivity contribution is 0.0637. The van der Waals surface area contributed by atoms with Crippen molar-refractivity contribution < 1.29 is 13.9 Å². The minimum absolute atomic E-state index is 0.153. The van der Waals surface area contributed by atoms with Crippen LogP contribution in [-0.4, -0.2) is 35.6 Å². The van der Waals surface area contributed by atoms with Crippen LogP contribution >= 0.6 is 11.6 Å². The molecule has 1 aromatic heterocycles. The van der Waals surface area contributed by atoms with E-state index in [4.69, 9.17) is 11.6 Å². The third-order valence-corrected chi connectivity index (χ3v) is 5.89. The molecular weight excluding hydrogens is 430 g/mol. The zero-order valence-corrected chi connectivity index (χ0v) is 18.6. The van der Waals surface area contributed by atoms with E-state index in [1.807, 2.05) is 55.4 Å². The van der Waals surface area contributed by atoms with Crippen LogP contribution in [0, 0.1) is 11.6 Å². The van der Waals surface area contributed by atoms with Crippen LogP contribution < -0.4 is 0 Å². The number of rotatable bonds is 6. The van der Waals surface area contributed by atoms with Crippen LogP contribution in [0.1, 0.15) is 17.5 Å². The van der Waals surface area contributed by atoms with Gasteiger partial charge in [0.25, 0.3) is 0 Å². The number of hydrogen-bond acceptors (Lipinski definition) is 3. The highest BCUT2D eigenvalue weighted by atomic mass is 35.5. The Bertz CT molecular complexity index is 1240. The number of hydrogen-bond donors (Lipinski definition) is 1. The molecule has 0 bridgehead atoms. The summed E-state index contributed by atoms with van der Waals surface area (Å²) in [5.74, 6) is -1.48. The second-order valence-corrected chi connectivity index (χ2v) is 8.49. The molecule has 0 aliphatic heterocycles. The second-order valence-electron chi connectivity index (χ2n) is 8.14. The third kappa shape index (κ3) is 4.37. The van der Waals surface area contributed by atoms with Crippen LogP contribution in [0.15, 0.2) is 72.8 Å². The summed E-state index contributed by atoms with van der Waals surface area (Å²) in [6.45, 7) is 0.498. The summed E-state index contributed by atoms with van der Waals surface area (Å²) in [7, 11) is 3.76. The molecule has 0 radical (unpaired) electrons. The molecule has 0 saturated heterocycles. The molecule has 1 heterocycles. The van der Waals surface area contributed by atoms with Gasteiger partial charge in [0.05, 0.1) is 5.52 Å². The Morgan fingerprint density at radius 3 is 2.28 bits per heavy atom. The van der Waals surface area contributed by atoms with Crippen LogP contribution in [0.4, 0.5) is 8.78 Å². The van der Waals surface area contributed by atoms with Gasteiger partial charge >= 0.3 is 0 Å². The van der Waals surface area contributed by atoms with Gasteiger partial charge in [-0.3, -0.25) is 0 Å². The highest BCUT2D eigenvalue weighted by molar-refractivity contribution is 6.32. The number of nitrogens with zero attached hydrogens (tertiary/aromatic N) is 2. The Labute approximate surface area is 190 Å². The number of pyridine rings is 1. The molecule has 1 atom stereocenters. The average molecular weight is 453 g/mol. The minimum Gasteiger partial charge on any atom is -0.380 e. The summed E-state index contributed by atoms with van der Waals surface area (Å²) in [6.07, 6.45) is 0.227. The lowest BCUT2D eigenvalue weighted by atomic mass is 9.81. The van der Waals surface area contributed by atoms with E-state index in [9.17, 15) is 13.9 Å². The molecule has 0 aliphatic rings. The van der Waals surface area contributed by atoms with Gasteiger partial charge in [-0.15, -0.1) is 0 Å². The first-order valence-electron chi connectivity index (χ1n) is 10.3. The van der Waals surface area contributed by atoms with Gasteiger partial charge in [0.1, 0.15) is 22.4 Å². The number of halogens is 3. The van der Waals surface area contributed by atoms with Crippen molar-refractivity contribution in [3.8, 4) is 11.1 Å². The summed E-state index contributed by atoms with van der Waals surface area (Å²) in [4.78, 5) is 6.46. The summed E-state index contributed by atoms with van der Waals surface area (Å²) >= 11 is 6.49. The van der Waals surface area contributed by atoms with Crippen molar-refractivity contribution in [1.29, 1.82) is 0 Å². The molecule has 0 fully saturated rings. The van der Waals surface area contributed by atoms with Gasteiger partial charge in [-0.2, -0.15) is 0 Å². The van der Waals surface area contributed by atoms with Crippen LogP contribution in [0.2, 0.25) is 5.15 Å². The number of aliphatic hydroxyl groups is 1. The van der Waals surface area contributed by atoms with E-state index >= 15 is 0 Å². The molecule has 4 aromatic rings. The Hall–Kier alpha value is -2.86. The second kappa shape index (κ2) is 8.94. The fourth-order valence-corrected chi connectivity index (χ4v) is 4.22. The maximum atomic E-state index is 14.1. The highest BCUT2D eigenvalue weighted by Crippen LogP contribution is 2.40. The quantitative estimate of drug-likeness (QED) is 0.363. The van der Waals surface area contributed by atoms with Gasteiger partial charge in [-0.05, 0) is 61.5 Å². The molecular formula is C26H23ClF2N2O. The summed E-state index contributed by atoms with van der Waals surface area (Å²) in [5.41, 5.74) is 1.22. The van der Waals surface area contributed by atoms with Crippen molar-refractivity contribution in [3.05, 3.63) is 101 Å². The first-order chi connectivity index (χ1) is 15.3. The van der Waals surface area contributed by atoms with E-state index in [2.05, 4.69) is 4.98 Å². The van der Waals surface area contributed by atoms with Gasteiger partial charge in [0.15, 0.2) is 0 Å². The van der Waals surface area contributed by atoms with E-state index in [0.29, 0.717) is 33.7 Å². The predicted octanol–water partition coefficient (Wildman–Crippen LogP) is 6.02. The normalized spacial score (nSPS) is 13.5. The van der Waals surface area contributed by atoms with Crippen molar-refractivity contribution >= 4 is 22.5 Å². The van der Waals surface area contributed by atoms with Gasteiger partial charge in [0.2, 0.25) is 0 Å². The summed E-state index contributed by atoms with van der Waals surface area (Å²) < 4.78 is 28.3. The number of aromatic nitrogens is 1. The molecule has 0 amide bonds. The van der Waals surface area contributed by atoms with E-state index < -0.39 is 17.2 Å². The molecule has 32 heavy (non-hydrogen) atoms. The lowest BCUT2D eigenvalue weighted by Crippen LogP contribution is -2.32. The molecule has 1 unspecified atom stereocenters. The van der Waals surface area contributed by atoms with Crippen molar-refractivity contribution in [1.82, 2.24) is 9.88 Å². The first kappa shape index (κ1) is 22.3. The van der Waals surface area contributed by atoms with E-state index in [0.717, 1.165) is 11.6 Å². The average Bonchev–Trinajstić information content (AvgIpc) is 2.76. The van der Waals surface area contributed by atoms with E-state index in [-0.39, 0.29) is 12.0 Å². The molecule has 0 saturated carbocycles. The largest absolute Gasteiger partial charge is 0.380 e.